The van der Waals surface area contributed by atoms with Crippen LogP contribution in [-0.2, 0) is 7.05 Å². The molecule has 0 spiro atoms. The van der Waals surface area contributed by atoms with Gasteiger partial charge in [-0.2, -0.15) is 0 Å². The smallest absolute Gasteiger partial charge is 0.317 e. The number of nitrogens with zero attached hydrogens (tertiary/aromatic N) is 4. The number of carbonyl (C=O) groups excluding carboxylic acids is 2. The third-order valence-corrected chi connectivity index (χ3v) is 4.49. The maximum atomic E-state index is 12.7. The van der Waals surface area contributed by atoms with Crippen molar-refractivity contribution >= 4 is 23.0 Å². The Morgan fingerprint density at radius 1 is 1.36 bits per heavy atom. The van der Waals surface area contributed by atoms with Crippen LogP contribution in [0.2, 0.25) is 0 Å². The Kier molecular flexibility index (Phi) is 2.82. The molecule has 3 heterocycles. The van der Waals surface area contributed by atoms with Gasteiger partial charge in [0.1, 0.15) is 0 Å². The fourth-order valence-corrected chi connectivity index (χ4v) is 3.24. The van der Waals surface area contributed by atoms with Crippen LogP contribution in [0.15, 0.2) is 24.5 Å². The van der Waals surface area contributed by atoms with Crippen LogP contribution in [-0.4, -0.2) is 63.5 Å². The highest BCUT2D eigenvalue weighted by Gasteiger charge is 2.37. The first-order valence-electron chi connectivity index (χ1n) is 7.38. The monoisotopic (exact) mass is 299 g/mol. The van der Waals surface area contributed by atoms with E-state index in [9.17, 15) is 9.59 Å². The van der Waals surface area contributed by atoms with E-state index in [0.717, 1.165) is 11.0 Å². The van der Waals surface area contributed by atoms with E-state index in [1.165, 1.54) is 0 Å². The van der Waals surface area contributed by atoms with E-state index in [1.807, 2.05) is 39.6 Å². The van der Waals surface area contributed by atoms with Crippen molar-refractivity contribution < 1.29 is 9.59 Å². The Morgan fingerprint density at radius 2 is 2.23 bits per heavy atom. The molecule has 2 aliphatic rings. The molecule has 2 saturated heterocycles. The van der Waals surface area contributed by atoms with Crippen LogP contribution in [0.25, 0.3) is 11.0 Å². The molecule has 1 aromatic carbocycles. The molecule has 2 aliphatic heterocycles. The van der Waals surface area contributed by atoms with E-state index in [4.69, 9.17) is 0 Å². The molecule has 0 radical (unpaired) electrons. The third-order valence-electron chi connectivity index (χ3n) is 4.49. The van der Waals surface area contributed by atoms with Gasteiger partial charge in [-0.05, 0) is 18.2 Å². The molecule has 4 rings (SSSR count). The number of urea groups is 1. The number of piperazine rings is 1. The summed E-state index contributed by atoms with van der Waals surface area (Å²) in [7, 11) is 1.93. The Balaban J connectivity index is 1.57. The van der Waals surface area contributed by atoms with Crippen LogP contribution in [0.4, 0.5) is 4.79 Å². The highest BCUT2D eigenvalue weighted by atomic mass is 16.2. The lowest BCUT2D eigenvalue weighted by Crippen LogP contribution is -2.53. The van der Waals surface area contributed by atoms with Gasteiger partial charge < -0.3 is 19.7 Å². The SMILES string of the molecule is Cn1cnc2cc(C(=O)N3CCN4C(=O)NCC4C3)ccc21. The Labute approximate surface area is 127 Å². The summed E-state index contributed by atoms with van der Waals surface area (Å²) in [6.07, 6.45) is 1.74. The molecule has 1 N–H and O–H groups in total. The van der Waals surface area contributed by atoms with Gasteiger partial charge in [0.05, 0.1) is 23.4 Å². The van der Waals surface area contributed by atoms with Crippen LogP contribution < -0.4 is 5.32 Å². The van der Waals surface area contributed by atoms with E-state index < -0.39 is 0 Å². The van der Waals surface area contributed by atoms with Crippen LogP contribution in [0.5, 0.6) is 0 Å². The number of rotatable bonds is 1. The van der Waals surface area contributed by atoms with Crippen molar-refractivity contribution in [3.63, 3.8) is 0 Å². The van der Waals surface area contributed by atoms with Crippen LogP contribution >= 0.6 is 0 Å². The van der Waals surface area contributed by atoms with Gasteiger partial charge in [0, 0.05) is 38.8 Å². The van der Waals surface area contributed by atoms with Gasteiger partial charge in [0.25, 0.3) is 5.91 Å². The topological polar surface area (TPSA) is 70.5 Å². The van der Waals surface area contributed by atoms with Gasteiger partial charge >= 0.3 is 6.03 Å². The van der Waals surface area contributed by atoms with E-state index in [0.29, 0.717) is 31.7 Å². The number of benzene rings is 1. The number of imidazole rings is 1. The van der Waals surface area contributed by atoms with Crippen molar-refractivity contribution in [1.29, 1.82) is 0 Å². The van der Waals surface area contributed by atoms with Gasteiger partial charge in [-0.3, -0.25) is 4.79 Å². The number of fused-ring (bicyclic) bond motifs is 2. The first-order valence-corrected chi connectivity index (χ1v) is 7.38. The number of nitrogens with one attached hydrogen (secondary N) is 1. The number of hydrogen-bond donors (Lipinski definition) is 1. The van der Waals surface area contributed by atoms with Gasteiger partial charge in [0.15, 0.2) is 0 Å². The lowest BCUT2D eigenvalue weighted by molar-refractivity contribution is 0.0617. The highest BCUT2D eigenvalue weighted by molar-refractivity contribution is 5.97. The van der Waals surface area contributed by atoms with Crippen molar-refractivity contribution in [3.05, 3.63) is 30.1 Å². The minimum Gasteiger partial charge on any atom is -0.336 e. The maximum absolute atomic E-state index is 12.7. The summed E-state index contributed by atoms with van der Waals surface area (Å²) in [6, 6.07) is 5.67. The van der Waals surface area contributed by atoms with Crippen LogP contribution in [0.3, 0.4) is 0 Å². The second kappa shape index (κ2) is 4.72. The minimum atomic E-state index is -0.0213. The molecule has 2 fully saturated rings. The number of aromatic nitrogens is 2. The zero-order chi connectivity index (χ0) is 15.3. The standard InChI is InChI=1S/C15H17N5O2/c1-18-9-17-12-6-10(2-3-13(12)18)14(21)19-4-5-20-11(8-19)7-16-15(20)22/h2-3,6,9,11H,4-5,7-8H2,1H3,(H,16,22). The first-order chi connectivity index (χ1) is 10.6. The number of hydrogen-bond acceptors (Lipinski definition) is 3. The second-order valence-corrected chi connectivity index (χ2v) is 5.84. The lowest BCUT2D eigenvalue weighted by Gasteiger charge is -2.36. The molecule has 0 aliphatic carbocycles. The maximum Gasteiger partial charge on any atom is 0.317 e. The predicted octanol–water partition coefficient (Wildman–Crippen LogP) is 0.423. The predicted molar refractivity (Wildman–Crippen MR) is 80.5 cm³/mol. The van der Waals surface area contributed by atoms with Crippen molar-refractivity contribution in [3.8, 4) is 0 Å². The fraction of sp³-hybridized carbons (Fsp3) is 0.400. The molecule has 114 valence electrons. The van der Waals surface area contributed by atoms with E-state index >= 15 is 0 Å². The molecule has 1 atom stereocenters. The average Bonchev–Trinajstić information content (AvgIpc) is 3.10. The van der Waals surface area contributed by atoms with Gasteiger partial charge in [-0.15, -0.1) is 0 Å². The molecule has 7 heteroatoms. The molecule has 7 nitrogen and oxygen atoms in total. The van der Waals surface area contributed by atoms with Crippen molar-refractivity contribution in [2.24, 2.45) is 7.05 Å². The summed E-state index contributed by atoms with van der Waals surface area (Å²) in [5.74, 6) is 0.00607. The zero-order valence-electron chi connectivity index (χ0n) is 12.3. The van der Waals surface area contributed by atoms with E-state index in [1.54, 1.807) is 6.33 Å². The largest absolute Gasteiger partial charge is 0.336 e. The minimum absolute atomic E-state index is 0.00607. The number of amides is 3. The van der Waals surface area contributed by atoms with Gasteiger partial charge in [0.2, 0.25) is 0 Å². The van der Waals surface area contributed by atoms with Crippen LogP contribution in [0, 0.1) is 0 Å². The highest BCUT2D eigenvalue weighted by Crippen LogP contribution is 2.19. The fourth-order valence-electron chi connectivity index (χ4n) is 3.24. The Hall–Kier alpha value is -2.57. The summed E-state index contributed by atoms with van der Waals surface area (Å²) in [4.78, 5) is 32.2. The van der Waals surface area contributed by atoms with E-state index in [-0.39, 0.29) is 18.0 Å². The van der Waals surface area contributed by atoms with Crippen molar-refractivity contribution in [2.75, 3.05) is 26.2 Å². The molecule has 2 aromatic rings. The summed E-state index contributed by atoms with van der Waals surface area (Å²) in [5, 5.41) is 2.82. The lowest BCUT2D eigenvalue weighted by atomic mass is 10.1. The molecule has 22 heavy (non-hydrogen) atoms. The quantitative estimate of drug-likeness (QED) is 0.830. The average molecular weight is 299 g/mol. The molecule has 0 bridgehead atoms. The molecular weight excluding hydrogens is 282 g/mol. The van der Waals surface area contributed by atoms with Crippen LogP contribution in [0.1, 0.15) is 10.4 Å². The van der Waals surface area contributed by atoms with Gasteiger partial charge in [-0.25, -0.2) is 9.78 Å². The summed E-state index contributed by atoms with van der Waals surface area (Å²) >= 11 is 0. The first kappa shape index (κ1) is 13.1. The Bertz CT molecular complexity index is 768. The third kappa shape index (κ3) is 1.93. The number of aryl methyl sites for hydroxylation is 1. The summed E-state index contributed by atoms with van der Waals surface area (Å²) in [6.45, 7) is 2.36. The molecule has 1 aromatic heterocycles. The molecular formula is C15H17N5O2. The van der Waals surface area contributed by atoms with Crippen molar-refractivity contribution in [1.82, 2.24) is 24.7 Å². The van der Waals surface area contributed by atoms with E-state index in [2.05, 4.69) is 10.3 Å². The Morgan fingerprint density at radius 3 is 3.09 bits per heavy atom. The summed E-state index contributed by atoms with van der Waals surface area (Å²) < 4.78 is 1.93. The molecule has 0 saturated carbocycles. The molecule has 3 amide bonds. The molecule has 1 unspecified atom stereocenters. The summed E-state index contributed by atoms with van der Waals surface area (Å²) in [5.41, 5.74) is 2.48. The van der Waals surface area contributed by atoms with Gasteiger partial charge in [-0.1, -0.05) is 0 Å². The normalized spacial score (nSPS) is 21.1. The van der Waals surface area contributed by atoms with Crippen molar-refractivity contribution in [2.45, 2.75) is 6.04 Å². The number of carbonyl (C=O) groups is 2. The zero-order valence-corrected chi connectivity index (χ0v) is 12.3. The second-order valence-electron chi connectivity index (χ2n) is 5.84.